The van der Waals surface area contributed by atoms with E-state index in [4.69, 9.17) is 0 Å². The molecule has 0 saturated heterocycles. The van der Waals surface area contributed by atoms with Gasteiger partial charge in [0.1, 0.15) is 0 Å². The zero-order valence-corrected chi connectivity index (χ0v) is 45.9. The summed E-state index contributed by atoms with van der Waals surface area (Å²) >= 11 is 0. The van der Waals surface area contributed by atoms with Crippen LogP contribution in [0, 0.1) is 187 Å². The summed E-state index contributed by atoms with van der Waals surface area (Å²) in [4.78, 5) is 0. The van der Waals surface area contributed by atoms with Crippen LogP contribution in [0.25, 0.3) is 0 Å². The summed E-state index contributed by atoms with van der Waals surface area (Å²) in [6.45, 7) is 15.8. The summed E-state index contributed by atoms with van der Waals surface area (Å²) in [6.07, 6.45) is 5.25. The third-order valence-electron chi connectivity index (χ3n) is 0. The maximum Gasteiger partial charge on any atom is 0 e. The SMILES string of the molecule is C=CC.C=CC.C=CC.[U].[U].[U].[U].[U].[U].[V].[V].[V].[V].[V].[V]. The van der Waals surface area contributed by atoms with Gasteiger partial charge in [-0.1, -0.05) is 18.2 Å². The Kier molecular flexibility index (Phi) is 840. The molecule has 0 aliphatic heterocycles. The van der Waals surface area contributed by atoms with Crippen molar-refractivity contribution in [1.82, 2.24) is 0 Å². The molecule has 0 amide bonds. The van der Waals surface area contributed by atoms with Gasteiger partial charge in [-0.15, -0.1) is 19.7 Å². The first-order valence-corrected chi connectivity index (χ1v) is 2.96. The van der Waals surface area contributed by atoms with Gasteiger partial charge in [0, 0.05) is 298 Å². The molecule has 0 aliphatic rings. The molecule has 21 heavy (non-hydrogen) atoms. The molecule has 0 aromatic heterocycles. The predicted molar refractivity (Wildman–Crippen MR) is 47.6 cm³/mol. The van der Waals surface area contributed by atoms with Crippen molar-refractivity contribution < 1.29 is 298 Å². The van der Waals surface area contributed by atoms with Crippen LogP contribution in [0.1, 0.15) is 20.8 Å². The van der Waals surface area contributed by atoms with E-state index >= 15 is 0 Å². The molecule has 0 spiro atoms. The average molecular weight is 1860 g/mol. The maximum atomic E-state index is 3.36. The molecule has 0 rings (SSSR count). The molecule has 0 saturated carbocycles. The molecule has 0 fully saturated rings. The summed E-state index contributed by atoms with van der Waals surface area (Å²) in [5, 5.41) is 0. The molecule has 0 aliphatic carbocycles. The molecule has 0 bridgehead atoms. The number of hydrogen-bond donors (Lipinski definition) is 0. The fourth-order valence-corrected chi connectivity index (χ4v) is 0. The molecule has 0 aromatic rings. The van der Waals surface area contributed by atoms with Crippen LogP contribution in [0.4, 0.5) is 0 Å². The summed E-state index contributed by atoms with van der Waals surface area (Å²) in [7, 11) is 0. The molecule has 0 N–H and O–H groups in total. The van der Waals surface area contributed by atoms with Gasteiger partial charge in [-0.05, 0) is 20.8 Å². The van der Waals surface area contributed by atoms with Gasteiger partial charge in [-0.25, -0.2) is 0 Å². The Hall–Kier alpha value is 9.04. The molecule has 108 valence electrons. The average Bonchev–Trinajstić information content (AvgIpc) is 1.70. The normalized spacial score (nSPS) is 1.86. The van der Waals surface area contributed by atoms with Gasteiger partial charge in [-0.3, -0.25) is 0 Å². The summed E-state index contributed by atoms with van der Waals surface area (Å²) in [5.74, 6) is 0. The quantitative estimate of drug-likeness (QED) is 0.326. The molecular formula is C9H18U6V6. The van der Waals surface area contributed by atoms with Gasteiger partial charge in [0.25, 0.3) is 0 Å². The second-order valence-electron chi connectivity index (χ2n) is 1.22. The van der Waals surface area contributed by atoms with Crippen LogP contribution in [-0.4, -0.2) is 0 Å². The van der Waals surface area contributed by atoms with Gasteiger partial charge in [0.2, 0.25) is 0 Å². The number of rotatable bonds is 0. The zero-order chi connectivity index (χ0) is 8.12. The number of hydrogen-bond acceptors (Lipinski definition) is 0. The Bertz CT molecular complexity index is 69.5. The molecule has 0 atom stereocenters. The van der Waals surface area contributed by atoms with Crippen molar-refractivity contribution in [3.05, 3.63) is 38.0 Å². The van der Waals surface area contributed by atoms with Crippen molar-refractivity contribution in [3.63, 3.8) is 0 Å². The van der Waals surface area contributed by atoms with Crippen molar-refractivity contribution in [3.8, 4) is 0 Å². The molecule has 0 heterocycles. The van der Waals surface area contributed by atoms with Crippen LogP contribution < -0.4 is 0 Å². The van der Waals surface area contributed by atoms with E-state index in [0.717, 1.165) is 0 Å². The Balaban J connectivity index is -0.00000000154. The van der Waals surface area contributed by atoms with Gasteiger partial charge in [0.15, 0.2) is 0 Å². The summed E-state index contributed by atoms with van der Waals surface area (Å²) in [5.41, 5.74) is 0. The summed E-state index contributed by atoms with van der Waals surface area (Å²) in [6, 6.07) is 0. The molecular weight excluding hydrogens is 1840 g/mol. The van der Waals surface area contributed by atoms with Crippen LogP contribution in [-0.2, 0) is 111 Å². The van der Waals surface area contributed by atoms with Gasteiger partial charge >= 0.3 is 0 Å². The zero-order valence-electron chi connectivity index (χ0n) is 12.5. The van der Waals surface area contributed by atoms with Crippen LogP contribution >= 0.6 is 0 Å². The van der Waals surface area contributed by atoms with E-state index in [1.165, 1.54) is 0 Å². The van der Waals surface area contributed by atoms with Crippen LogP contribution in [0.15, 0.2) is 38.0 Å². The minimum absolute atomic E-state index is 0. The molecule has 0 unspecified atom stereocenters. The minimum atomic E-state index is 0. The Labute approximate surface area is 347 Å². The monoisotopic (exact) mass is 1860 g/mol. The molecule has 6 radical (unpaired) electrons. The Morgan fingerprint density at radius 3 is 0.381 bits per heavy atom. The van der Waals surface area contributed by atoms with Gasteiger partial charge in [-0.2, -0.15) is 0 Å². The van der Waals surface area contributed by atoms with E-state index < -0.39 is 0 Å². The third kappa shape index (κ3) is 260. The third-order valence-corrected chi connectivity index (χ3v) is 0. The van der Waals surface area contributed by atoms with E-state index in [9.17, 15) is 0 Å². The van der Waals surface area contributed by atoms with Crippen molar-refractivity contribution in [2.24, 2.45) is 0 Å². The van der Waals surface area contributed by atoms with E-state index in [0.29, 0.717) is 0 Å². The van der Waals surface area contributed by atoms with Crippen LogP contribution in [0.5, 0.6) is 0 Å². The van der Waals surface area contributed by atoms with Crippen molar-refractivity contribution >= 4 is 0 Å². The smallest absolute Gasteiger partial charge is 0 e. The predicted octanol–water partition coefficient (Wildman–Crippen LogP) is 3.56. The van der Waals surface area contributed by atoms with Crippen LogP contribution in [0.2, 0.25) is 0 Å². The van der Waals surface area contributed by atoms with Gasteiger partial charge < -0.3 is 0 Å². The summed E-state index contributed by atoms with van der Waals surface area (Å²) < 4.78 is 0. The van der Waals surface area contributed by atoms with Crippen molar-refractivity contribution in [2.75, 3.05) is 0 Å². The molecule has 12 heteroatoms. The first-order chi connectivity index (χ1) is 4.24. The van der Waals surface area contributed by atoms with Crippen molar-refractivity contribution in [2.45, 2.75) is 20.8 Å². The maximum absolute atomic E-state index is 3.36. The first kappa shape index (κ1) is 112. The largest absolute Gasteiger partial charge is 0.103 e. The van der Waals surface area contributed by atoms with E-state index in [1.54, 1.807) is 18.2 Å². The van der Waals surface area contributed by atoms with Crippen LogP contribution in [0.3, 0.4) is 0 Å². The fourth-order valence-electron chi connectivity index (χ4n) is 0. The molecule has 0 aromatic carbocycles. The minimum Gasteiger partial charge on any atom is -0.103 e. The van der Waals surface area contributed by atoms with E-state index in [1.807, 2.05) is 20.8 Å². The number of allylic oxidation sites excluding steroid dienone is 3. The molecule has 0 nitrogen and oxygen atoms in total. The van der Waals surface area contributed by atoms with Crippen molar-refractivity contribution in [1.29, 1.82) is 0 Å². The van der Waals surface area contributed by atoms with E-state index in [-0.39, 0.29) is 298 Å². The van der Waals surface area contributed by atoms with E-state index in [2.05, 4.69) is 19.7 Å². The first-order valence-electron chi connectivity index (χ1n) is 2.96. The Morgan fingerprint density at radius 1 is 0.381 bits per heavy atom. The second-order valence-corrected chi connectivity index (χ2v) is 1.22. The fraction of sp³-hybridized carbons (Fsp3) is 0.333. The standard InChI is InChI=1S/3C3H6.6U.6V/c3*1-3-2;;;;;;;;;;;;/h3*3H,1H2,2H3;;;;;;;;;;;;. The van der Waals surface area contributed by atoms with Gasteiger partial charge in [0.05, 0.1) is 0 Å². The Morgan fingerprint density at radius 2 is 0.381 bits per heavy atom. The second kappa shape index (κ2) is 158. The topological polar surface area (TPSA) is 0 Å².